The number of carbonyl (C=O) groups excluding carboxylic acids is 1. The van der Waals surface area contributed by atoms with Crippen molar-refractivity contribution < 1.29 is 49.0 Å². The van der Waals surface area contributed by atoms with E-state index in [9.17, 15) is 4.79 Å². The Hall–Kier alpha value is -0.0717. The molecule has 0 saturated carbocycles. The summed E-state index contributed by atoms with van der Waals surface area (Å²) in [6.07, 6.45) is 0. The summed E-state index contributed by atoms with van der Waals surface area (Å²) >= 11 is 3.98. The van der Waals surface area contributed by atoms with E-state index >= 15 is 0 Å². The molecule has 26 heavy (non-hydrogen) atoms. The molecule has 0 aliphatic heterocycles. The molecule has 0 unspecified atom stereocenters. The molecule has 0 spiro atoms. The number of hydrogen-bond acceptors (Lipinski definition) is 2. The molecule has 0 aromatic rings. The zero-order valence-electron chi connectivity index (χ0n) is 17.1. The van der Waals surface area contributed by atoms with Crippen molar-refractivity contribution in [1.29, 1.82) is 0 Å². The first-order valence-electron chi connectivity index (χ1n) is 7.16. The van der Waals surface area contributed by atoms with Gasteiger partial charge in [0, 0.05) is 26.2 Å². The molecular formula is C17H32NO5PSW. The van der Waals surface area contributed by atoms with E-state index in [0.717, 1.165) is 0 Å². The van der Waals surface area contributed by atoms with Crippen molar-refractivity contribution in [3.8, 4) is 0 Å². The summed E-state index contributed by atoms with van der Waals surface area (Å²) < 4.78 is 31.3. The molecule has 0 N–H and O–H groups in total. The van der Waals surface area contributed by atoms with Crippen LogP contribution in [0.25, 0.3) is 0 Å². The topological polar surface area (TPSA) is 96.7 Å². The zero-order valence-corrected chi connectivity index (χ0v) is 21.7. The minimum atomic E-state index is -0.250. The molecule has 9 heteroatoms. The maximum atomic E-state index is 9.26. The minimum Gasteiger partial charge on any atom is 0 e. The van der Waals surface area contributed by atoms with E-state index in [2.05, 4.69) is 86.9 Å². The van der Waals surface area contributed by atoms with Gasteiger partial charge in [-0.1, -0.05) is 0 Å². The van der Waals surface area contributed by atoms with Crippen molar-refractivity contribution in [2.75, 3.05) is 46.2 Å². The SMILES string of the molecule is CC(=O)[S-].CC[N+](CC)(CC)CC.CP(C)C.[C-]#[O+].[C-]#[O+].[C-]#[O+].[C-]#[O+].[W]. The first-order chi connectivity index (χ1) is 11.7. The van der Waals surface area contributed by atoms with Gasteiger partial charge in [0.15, 0.2) is 0 Å². The Bertz CT molecular complexity index is 269. The Kier molecular flexibility index (Phi) is 108. The van der Waals surface area contributed by atoms with Gasteiger partial charge in [-0.25, -0.2) is 0 Å². The number of rotatable bonds is 4. The maximum Gasteiger partial charge on any atom is 0 e. The Morgan fingerprint density at radius 2 is 0.846 bits per heavy atom. The molecule has 0 aromatic heterocycles. The summed E-state index contributed by atoms with van der Waals surface area (Å²) in [4.78, 5) is 9.26. The molecule has 0 radical (unpaired) electrons. The van der Waals surface area contributed by atoms with Crippen molar-refractivity contribution in [3.05, 3.63) is 26.6 Å². The molecule has 6 nitrogen and oxygen atoms in total. The van der Waals surface area contributed by atoms with E-state index in [-0.39, 0.29) is 26.2 Å². The number of quaternary nitrogens is 1. The molecular weight excluding hydrogens is 545 g/mol. The third-order valence-corrected chi connectivity index (χ3v) is 2.68. The normalized spacial score (nSPS) is 6.81. The van der Waals surface area contributed by atoms with Crippen LogP contribution in [0.3, 0.4) is 0 Å². The molecule has 0 rings (SSSR count). The van der Waals surface area contributed by atoms with Gasteiger partial charge in [0.2, 0.25) is 0 Å². The third-order valence-electron chi connectivity index (χ3n) is 2.68. The van der Waals surface area contributed by atoms with E-state index in [0.29, 0.717) is 7.92 Å². The first kappa shape index (κ1) is 50.1. The number of nitrogens with zero attached hydrogens (tertiary/aromatic N) is 1. The number of carbonyl (C=O) groups is 1. The standard InChI is InChI=1S/C8H20N.C3H9P.C2H4OS.4CO.W/c1-5-9(6-2,7-3)8-4;1-4(2)3;1-2(3)4;4*1-2;/h5-8H2,1-4H3;1-3H3;1H3,(H,3,4);;;;;/q+1;;;;;;;/p-1. The second-order valence-corrected chi connectivity index (χ2v) is 7.70. The van der Waals surface area contributed by atoms with Crippen LogP contribution in [0.1, 0.15) is 34.6 Å². The van der Waals surface area contributed by atoms with Gasteiger partial charge in [0.05, 0.1) is 26.2 Å². The quantitative estimate of drug-likeness (QED) is 0.169. The largest absolute Gasteiger partial charge is 0 e. The van der Waals surface area contributed by atoms with E-state index in [4.69, 9.17) is 18.6 Å². The molecule has 0 saturated heterocycles. The van der Waals surface area contributed by atoms with Gasteiger partial charge in [-0.05, 0) is 54.6 Å². The first-order valence-corrected chi connectivity index (χ1v) is 10.3. The average Bonchev–Trinajstić information content (AvgIpc) is 2.63. The van der Waals surface area contributed by atoms with Gasteiger partial charge in [-0.15, -0.1) is 7.92 Å². The van der Waals surface area contributed by atoms with Crippen LogP contribution < -0.4 is 0 Å². The van der Waals surface area contributed by atoms with Crippen LogP contribution in [0, 0.1) is 26.6 Å². The summed E-state index contributed by atoms with van der Waals surface area (Å²) in [5.41, 5.74) is 0. The Labute approximate surface area is 181 Å². The van der Waals surface area contributed by atoms with Crippen LogP contribution >= 0.6 is 7.92 Å². The third kappa shape index (κ3) is 88.4. The molecule has 0 fully saturated rings. The van der Waals surface area contributed by atoms with Crippen molar-refractivity contribution in [3.63, 3.8) is 0 Å². The van der Waals surface area contributed by atoms with Crippen LogP contribution in [-0.2, 0) is 57.1 Å². The molecule has 152 valence electrons. The molecule has 0 aliphatic rings. The van der Waals surface area contributed by atoms with Gasteiger partial charge in [-0.3, -0.25) is 0 Å². The van der Waals surface area contributed by atoms with Crippen LogP contribution in [0.4, 0.5) is 0 Å². The van der Waals surface area contributed by atoms with E-state index in [1.807, 2.05) is 0 Å². The van der Waals surface area contributed by atoms with Gasteiger partial charge in [0.25, 0.3) is 0 Å². The van der Waals surface area contributed by atoms with Crippen molar-refractivity contribution in [1.82, 2.24) is 0 Å². The van der Waals surface area contributed by atoms with Gasteiger partial charge < -0.3 is 21.9 Å². The molecule has 0 aliphatic carbocycles. The van der Waals surface area contributed by atoms with Crippen LogP contribution in [0.2, 0.25) is 0 Å². The molecule has 0 heterocycles. The fourth-order valence-electron chi connectivity index (χ4n) is 1.34. The summed E-state index contributed by atoms with van der Waals surface area (Å²) in [5.74, 6) is 0. The van der Waals surface area contributed by atoms with Crippen LogP contribution in [0.15, 0.2) is 0 Å². The Morgan fingerprint density at radius 1 is 0.769 bits per heavy atom. The number of hydrogen-bond donors (Lipinski definition) is 0. The Balaban J connectivity index is -0.0000000273. The second-order valence-electron chi connectivity index (χ2n) is 4.44. The van der Waals surface area contributed by atoms with Gasteiger partial charge >= 0.3 is 45.2 Å². The van der Waals surface area contributed by atoms with Crippen molar-refractivity contribution in [2.24, 2.45) is 0 Å². The summed E-state index contributed by atoms with van der Waals surface area (Å²) in [7, 11) is 0.380. The van der Waals surface area contributed by atoms with Crippen LogP contribution in [0.5, 0.6) is 0 Å². The zero-order chi connectivity index (χ0) is 22.5. The van der Waals surface area contributed by atoms with E-state index < -0.39 is 0 Å². The van der Waals surface area contributed by atoms with Crippen molar-refractivity contribution >= 4 is 25.7 Å². The maximum absolute atomic E-state index is 9.26. The fraction of sp³-hybridized carbons (Fsp3) is 0.706. The van der Waals surface area contributed by atoms with Gasteiger partial charge in [0.1, 0.15) is 0 Å². The van der Waals surface area contributed by atoms with E-state index in [1.165, 1.54) is 37.6 Å². The van der Waals surface area contributed by atoms with Gasteiger partial charge in [-0.2, -0.15) is 0 Å². The van der Waals surface area contributed by atoms with Crippen molar-refractivity contribution in [2.45, 2.75) is 34.6 Å². The predicted octanol–water partition coefficient (Wildman–Crippen LogP) is 3.17. The smallest absolute Gasteiger partial charge is 0 e. The van der Waals surface area contributed by atoms with E-state index in [1.54, 1.807) is 0 Å². The minimum absolute atomic E-state index is 0. The molecule has 0 atom stereocenters. The summed E-state index contributed by atoms with van der Waals surface area (Å²) in [5, 5.41) is -0.250. The molecule has 0 aromatic carbocycles. The monoisotopic (exact) mass is 577 g/mol. The summed E-state index contributed by atoms with van der Waals surface area (Å²) in [6.45, 7) is 40.3. The van der Waals surface area contributed by atoms with Crippen LogP contribution in [-0.4, -0.2) is 55.8 Å². The molecule has 0 amide bonds. The predicted molar refractivity (Wildman–Crippen MR) is 101 cm³/mol. The fourth-order valence-corrected chi connectivity index (χ4v) is 1.34. The molecule has 0 bridgehead atoms. The average molecular weight is 577 g/mol. The Morgan fingerprint density at radius 3 is 0.846 bits per heavy atom. The summed E-state index contributed by atoms with van der Waals surface area (Å²) in [6, 6.07) is 0. The second kappa shape index (κ2) is 56.3.